The molecular weight excluding hydrogens is 274 g/mol. The molecule has 4 nitrogen and oxygen atoms in total. The molecule has 1 atom stereocenters. The van der Waals surface area contributed by atoms with E-state index in [0.717, 1.165) is 31.6 Å². The van der Waals surface area contributed by atoms with Crippen molar-refractivity contribution in [2.75, 3.05) is 32.7 Å². The predicted molar refractivity (Wildman–Crippen MR) is 88.6 cm³/mol. The molecule has 120 valence electrons. The first kappa shape index (κ1) is 15.5. The molecule has 0 saturated carbocycles. The van der Waals surface area contributed by atoms with E-state index >= 15 is 0 Å². The molecule has 0 radical (unpaired) electrons. The van der Waals surface area contributed by atoms with Gasteiger partial charge in [0.15, 0.2) is 0 Å². The molecule has 2 aliphatic rings. The van der Waals surface area contributed by atoms with Gasteiger partial charge in [-0.15, -0.1) is 0 Å². The smallest absolute Gasteiger partial charge is 0.253 e. The molecule has 0 aromatic heterocycles. The van der Waals surface area contributed by atoms with Crippen LogP contribution in [0.3, 0.4) is 0 Å². The molecule has 0 aliphatic carbocycles. The number of benzene rings is 1. The average Bonchev–Trinajstić information content (AvgIpc) is 3.17. The fourth-order valence-corrected chi connectivity index (χ4v) is 3.55. The summed E-state index contributed by atoms with van der Waals surface area (Å²) in [6.45, 7) is 7.73. The molecule has 4 heteroatoms. The Morgan fingerprint density at radius 1 is 1.27 bits per heavy atom. The molecule has 0 bridgehead atoms. The van der Waals surface area contributed by atoms with Crippen LogP contribution >= 0.6 is 0 Å². The Kier molecular flexibility index (Phi) is 4.50. The van der Waals surface area contributed by atoms with Gasteiger partial charge in [0, 0.05) is 25.2 Å². The van der Waals surface area contributed by atoms with Crippen LogP contribution < -0.4 is 5.73 Å². The van der Waals surface area contributed by atoms with E-state index in [9.17, 15) is 4.79 Å². The zero-order valence-corrected chi connectivity index (χ0v) is 13.6. The lowest BCUT2D eigenvalue weighted by atomic mass is 9.90. The van der Waals surface area contributed by atoms with Crippen molar-refractivity contribution in [3.63, 3.8) is 0 Å². The molecule has 1 unspecified atom stereocenters. The van der Waals surface area contributed by atoms with Gasteiger partial charge in [-0.25, -0.2) is 0 Å². The van der Waals surface area contributed by atoms with Crippen LogP contribution in [0.1, 0.15) is 42.1 Å². The number of likely N-dealkylation sites (tertiary alicyclic amines) is 2. The van der Waals surface area contributed by atoms with E-state index in [1.807, 2.05) is 17.0 Å². The second-order valence-electron chi connectivity index (χ2n) is 7.18. The zero-order chi connectivity index (χ0) is 15.6. The maximum absolute atomic E-state index is 12.7. The SMILES string of the molecule is CC1(CN)CCN(C(=O)c2cccc(CN3CCCC3)c2)C1. The van der Waals surface area contributed by atoms with Gasteiger partial charge in [-0.05, 0) is 62.0 Å². The quantitative estimate of drug-likeness (QED) is 0.926. The van der Waals surface area contributed by atoms with Crippen LogP contribution in [0.4, 0.5) is 0 Å². The number of carbonyl (C=O) groups is 1. The van der Waals surface area contributed by atoms with Crippen molar-refractivity contribution in [3.05, 3.63) is 35.4 Å². The third-order valence-corrected chi connectivity index (χ3v) is 5.12. The van der Waals surface area contributed by atoms with Crippen LogP contribution in [0.15, 0.2) is 24.3 Å². The van der Waals surface area contributed by atoms with Crippen LogP contribution in [0.25, 0.3) is 0 Å². The molecule has 0 spiro atoms. The summed E-state index contributed by atoms with van der Waals surface area (Å²) in [4.78, 5) is 17.1. The molecule has 2 saturated heterocycles. The van der Waals surface area contributed by atoms with Crippen molar-refractivity contribution in [2.24, 2.45) is 11.1 Å². The molecule has 1 aromatic carbocycles. The standard InChI is InChI=1S/C18H27N3O/c1-18(13-19)7-10-21(14-18)17(22)16-6-4-5-15(11-16)12-20-8-2-3-9-20/h4-6,11H,2-3,7-10,12-14,19H2,1H3. The Labute approximate surface area is 133 Å². The monoisotopic (exact) mass is 301 g/mol. The highest BCUT2D eigenvalue weighted by Gasteiger charge is 2.35. The van der Waals surface area contributed by atoms with Gasteiger partial charge >= 0.3 is 0 Å². The maximum Gasteiger partial charge on any atom is 0.253 e. The van der Waals surface area contributed by atoms with Gasteiger partial charge in [0.05, 0.1) is 0 Å². The highest BCUT2D eigenvalue weighted by molar-refractivity contribution is 5.94. The summed E-state index contributed by atoms with van der Waals surface area (Å²) in [7, 11) is 0. The second-order valence-corrected chi connectivity index (χ2v) is 7.18. The molecular formula is C18H27N3O. The molecule has 22 heavy (non-hydrogen) atoms. The van der Waals surface area contributed by atoms with Gasteiger partial charge in [0.1, 0.15) is 0 Å². The fourth-order valence-electron chi connectivity index (χ4n) is 3.55. The molecule has 2 heterocycles. The molecule has 1 amide bonds. The minimum Gasteiger partial charge on any atom is -0.338 e. The summed E-state index contributed by atoms with van der Waals surface area (Å²) in [5, 5.41) is 0. The number of hydrogen-bond donors (Lipinski definition) is 1. The van der Waals surface area contributed by atoms with Crippen molar-refractivity contribution < 1.29 is 4.79 Å². The van der Waals surface area contributed by atoms with Crippen molar-refractivity contribution >= 4 is 5.91 Å². The summed E-state index contributed by atoms with van der Waals surface area (Å²) >= 11 is 0. The van der Waals surface area contributed by atoms with Crippen LogP contribution in [0.5, 0.6) is 0 Å². The Bertz CT molecular complexity index is 539. The third kappa shape index (κ3) is 3.33. The lowest BCUT2D eigenvalue weighted by molar-refractivity contribution is 0.0776. The van der Waals surface area contributed by atoms with Gasteiger partial charge in [-0.1, -0.05) is 19.1 Å². The van der Waals surface area contributed by atoms with Crippen molar-refractivity contribution in [1.82, 2.24) is 9.80 Å². The van der Waals surface area contributed by atoms with Crippen LogP contribution in [-0.2, 0) is 6.54 Å². The average molecular weight is 301 g/mol. The summed E-state index contributed by atoms with van der Waals surface area (Å²) in [5.41, 5.74) is 7.99. The zero-order valence-electron chi connectivity index (χ0n) is 13.6. The van der Waals surface area contributed by atoms with Gasteiger partial charge in [-0.3, -0.25) is 9.69 Å². The lowest BCUT2D eigenvalue weighted by Crippen LogP contribution is -2.34. The fraction of sp³-hybridized carbons (Fsp3) is 0.611. The summed E-state index contributed by atoms with van der Waals surface area (Å²) in [6.07, 6.45) is 3.59. The van der Waals surface area contributed by atoms with Crippen LogP contribution in [0.2, 0.25) is 0 Å². The molecule has 2 N–H and O–H groups in total. The van der Waals surface area contributed by atoms with Gasteiger partial charge < -0.3 is 10.6 Å². The Balaban J connectivity index is 1.67. The number of carbonyl (C=O) groups excluding carboxylic acids is 1. The van der Waals surface area contributed by atoms with E-state index in [4.69, 9.17) is 5.73 Å². The van der Waals surface area contributed by atoms with E-state index in [-0.39, 0.29) is 11.3 Å². The maximum atomic E-state index is 12.7. The first-order chi connectivity index (χ1) is 10.6. The second kappa shape index (κ2) is 6.39. The van der Waals surface area contributed by atoms with Crippen molar-refractivity contribution in [2.45, 2.75) is 32.7 Å². The number of rotatable bonds is 4. The van der Waals surface area contributed by atoms with Gasteiger partial charge in [0.25, 0.3) is 5.91 Å². The normalized spacial score (nSPS) is 25.8. The summed E-state index contributed by atoms with van der Waals surface area (Å²) < 4.78 is 0. The number of nitrogens with zero attached hydrogens (tertiary/aromatic N) is 2. The van der Waals surface area contributed by atoms with Crippen LogP contribution in [0, 0.1) is 5.41 Å². The lowest BCUT2D eigenvalue weighted by Gasteiger charge is -2.23. The number of amides is 1. The van der Waals surface area contributed by atoms with Gasteiger partial charge in [-0.2, -0.15) is 0 Å². The summed E-state index contributed by atoms with van der Waals surface area (Å²) in [6, 6.07) is 8.15. The minimum absolute atomic E-state index is 0.0861. The van der Waals surface area contributed by atoms with Crippen LogP contribution in [-0.4, -0.2) is 48.4 Å². The van der Waals surface area contributed by atoms with E-state index < -0.39 is 0 Å². The van der Waals surface area contributed by atoms with Crippen molar-refractivity contribution in [1.29, 1.82) is 0 Å². The number of nitrogens with two attached hydrogens (primary N) is 1. The summed E-state index contributed by atoms with van der Waals surface area (Å²) in [5.74, 6) is 0.153. The van der Waals surface area contributed by atoms with Gasteiger partial charge in [0.2, 0.25) is 0 Å². The first-order valence-electron chi connectivity index (χ1n) is 8.40. The topological polar surface area (TPSA) is 49.6 Å². The van der Waals surface area contributed by atoms with E-state index in [0.29, 0.717) is 6.54 Å². The van der Waals surface area contributed by atoms with Crippen molar-refractivity contribution in [3.8, 4) is 0 Å². The molecule has 3 rings (SSSR count). The first-order valence-corrected chi connectivity index (χ1v) is 8.40. The minimum atomic E-state index is 0.0861. The van der Waals surface area contributed by atoms with E-state index in [1.165, 1.54) is 31.5 Å². The number of hydrogen-bond acceptors (Lipinski definition) is 3. The molecule has 1 aromatic rings. The Morgan fingerprint density at radius 3 is 2.73 bits per heavy atom. The Hall–Kier alpha value is -1.39. The largest absolute Gasteiger partial charge is 0.338 e. The molecule has 2 fully saturated rings. The highest BCUT2D eigenvalue weighted by atomic mass is 16.2. The molecule has 2 aliphatic heterocycles. The Morgan fingerprint density at radius 2 is 2.05 bits per heavy atom. The van der Waals surface area contributed by atoms with E-state index in [1.54, 1.807) is 0 Å². The highest BCUT2D eigenvalue weighted by Crippen LogP contribution is 2.29. The third-order valence-electron chi connectivity index (χ3n) is 5.12. The predicted octanol–water partition coefficient (Wildman–Crippen LogP) is 2.09. The van der Waals surface area contributed by atoms with E-state index in [2.05, 4.69) is 24.0 Å².